The van der Waals surface area contributed by atoms with E-state index in [4.69, 9.17) is 14.6 Å². The maximum absolute atomic E-state index is 11.3. The Morgan fingerprint density at radius 2 is 2.06 bits per heavy atom. The molecule has 0 radical (unpaired) electrons. The van der Waals surface area contributed by atoms with E-state index in [2.05, 4.69) is 4.90 Å². The van der Waals surface area contributed by atoms with Crippen LogP contribution in [0.3, 0.4) is 0 Å². The zero-order valence-corrected chi connectivity index (χ0v) is 10.6. The second kappa shape index (κ2) is 8.44. The van der Waals surface area contributed by atoms with Crippen LogP contribution in [-0.4, -0.2) is 62.0 Å². The molecule has 1 rings (SSSR count). The SMILES string of the molecule is COC(=O)CN(CCOCCO)C1CCCC1. The van der Waals surface area contributed by atoms with Crippen molar-refractivity contribution in [1.29, 1.82) is 0 Å². The first kappa shape index (κ1) is 14.4. The summed E-state index contributed by atoms with van der Waals surface area (Å²) >= 11 is 0. The van der Waals surface area contributed by atoms with Crippen molar-refractivity contribution >= 4 is 5.97 Å². The van der Waals surface area contributed by atoms with E-state index >= 15 is 0 Å². The molecule has 5 heteroatoms. The minimum atomic E-state index is -0.195. The van der Waals surface area contributed by atoms with Crippen molar-refractivity contribution in [3.8, 4) is 0 Å². The van der Waals surface area contributed by atoms with Gasteiger partial charge < -0.3 is 14.6 Å². The lowest BCUT2D eigenvalue weighted by Crippen LogP contribution is -2.40. The Morgan fingerprint density at radius 3 is 2.65 bits per heavy atom. The lowest BCUT2D eigenvalue weighted by Gasteiger charge is -2.27. The van der Waals surface area contributed by atoms with E-state index in [1.54, 1.807) is 0 Å². The number of aliphatic hydroxyl groups excluding tert-OH is 1. The Hall–Kier alpha value is -0.650. The molecule has 0 saturated heterocycles. The normalized spacial score (nSPS) is 16.6. The molecule has 1 fully saturated rings. The Labute approximate surface area is 103 Å². The van der Waals surface area contributed by atoms with Gasteiger partial charge in [0.15, 0.2) is 0 Å². The second-order valence-electron chi connectivity index (χ2n) is 4.32. The van der Waals surface area contributed by atoms with Crippen LogP contribution in [0.4, 0.5) is 0 Å². The van der Waals surface area contributed by atoms with Crippen molar-refractivity contribution in [2.24, 2.45) is 0 Å². The molecule has 0 heterocycles. The van der Waals surface area contributed by atoms with Crippen LogP contribution in [0.15, 0.2) is 0 Å². The molecule has 0 atom stereocenters. The zero-order valence-electron chi connectivity index (χ0n) is 10.6. The number of aliphatic hydroxyl groups is 1. The summed E-state index contributed by atoms with van der Waals surface area (Å²) in [5, 5.41) is 8.61. The molecule has 100 valence electrons. The Bertz CT molecular complexity index is 217. The van der Waals surface area contributed by atoms with Crippen LogP contribution in [0, 0.1) is 0 Å². The number of ether oxygens (including phenoxy) is 2. The van der Waals surface area contributed by atoms with Gasteiger partial charge in [0.05, 0.1) is 33.5 Å². The van der Waals surface area contributed by atoms with Gasteiger partial charge in [-0.1, -0.05) is 12.8 Å². The zero-order chi connectivity index (χ0) is 12.5. The van der Waals surface area contributed by atoms with E-state index in [0.29, 0.717) is 25.8 Å². The highest BCUT2D eigenvalue weighted by molar-refractivity contribution is 5.71. The van der Waals surface area contributed by atoms with Gasteiger partial charge in [-0.25, -0.2) is 0 Å². The molecular weight excluding hydrogens is 222 g/mol. The van der Waals surface area contributed by atoms with Crippen molar-refractivity contribution < 1.29 is 19.4 Å². The monoisotopic (exact) mass is 245 g/mol. The number of esters is 1. The van der Waals surface area contributed by atoms with Gasteiger partial charge in [-0.05, 0) is 12.8 Å². The van der Waals surface area contributed by atoms with Crippen LogP contribution in [0.2, 0.25) is 0 Å². The minimum absolute atomic E-state index is 0.0421. The van der Waals surface area contributed by atoms with Crippen LogP contribution < -0.4 is 0 Å². The summed E-state index contributed by atoms with van der Waals surface area (Å²) in [4.78, 5) is 13.5. The standard InChI is InChI=1S/C12H23NO4/c1-16-12(15)10-13(6-8-17-9-7-14)11-4-2-3-5-11/h11,14H,2-10H2,1H3. The van der Waals surface area contributed by atoms with Crippen LogP contribution in [-0.2, 0) is 14.3 Å². The number of carbonyl (C=O) groups is 1. The lowest BCUT2D eigenvalue weighted by molar-refractivity contribution is -0.142. The molecule has 1 saturated carbocycles. The molecule has 0 unspecified atom stereocenters. The third-order valence-corrected chi connectivity index (χ3v) is 3.16. The maximum atomic E-state index is 11.3. The first-order chi connectivity index (χ1) is 8.27. The maximum Gasteiger partial charge on any atom is 0.319 e. The van der Waals surface area contributed by atoms with E-state index in [0.717, 1.165) is 19.4 Å². The van der Waals surface area contributed by atoms with Gasteiger partial charge in [0.25, 0.3) is 0 Å². The van der Waals surface area contributed by atoms with Gasteiger partial charge in [-0.2, -0.15) is 0 Å². The summed E-state index contributed by atoms with van der Waals surface area (Å²) in [6, 6.07) is 0.479. The number of rotatable bonds is 8. The minimum Gasteiger partial charge on any atom is -0.468 e. The molecule has 0 aromatic heterocycles. The van der Waals surface area contributed by atoms with Crippen LogP contribution in [0.25, 0.3) is 0 Å². The molecule has 1 N–H and O–H groups in total. The van der Waals surface area contributed by atoms with Gasteiger partial charge in [-0.15, -0.1) is 0 Å². The van der Waals surface area contributed by atoms with Gasteiger partial charge in [0, 0.05) is 12.6 Å². The van der Waals surface area contributed by atoms with E-state index in [1.807, 2.05) is 0 Å². The number of nitrogens with zero attached hydrogens (tertiary/aromatic N) is 1. The average molecular weight is 245 g/mol. The van der Waals surface area contributed by atoms with Gasteiger partial charge in [-0.3, -0.25) is 9.69 Å². The molecule has 0 amide bonds. The van der Waals surface area contributed by atoms with Gasteiger partial charge >= 0.3 is 5.97 Å². The second-order valence-corrected chi connectivity index (χ2v) is 4.32. The highest BCUT2D eigenvalue weighted by Gasteiger charge is 2.24. The van der Waals surface area contributed by atoms with Crippen molar-refractivity contribution in [3.05, 3.63) is 0 Å². The summed E-state index contributed by atoms with van der Waals surface area (Å²) in [6.45, 7) is 2.01. The molecule has 0 spiro atoms. The van der Waals surface area contributed by atoms with Crippen LogP contribution in [0.5, 0.6) is 0 Å². The summed E-state index contributed by atoms with van der Waals surface area (Å²) < 4.78 is 9.95. The highest BCUT2D eigenvalue weighted by atomic mass is 16.5. The smallest absolute Gasteiger partial charge is 0.319 e. The van der Waals surface area contributed by atoms with Crippen molar-refractivity contribution in [1.82, 2.24) is 4.90 Å². The van der Waals surface area contributed by atoms with Crippen molar-refractivity contribution in [2.75, 3.05) is 40.0 Å². The van der Waals surface area contributed by atoms with Crippen molar-refractivity contribution in [2.45, 2.75) is 31.7 Å². The summed E-state index contributed by atoms with van der Waals surface area (Å²) in [7, 11) is 1.41. The van der Waals surface area contributed by atoms with E-state index < -0.39 is 0 Å². The molecule has 5 nitrogen and oxygen atoms in total. The Kier molecular flexibility index (Phi) is 7.16. The summed E-state index contributed by atoms with van der Waals surface area (Å²) in [6.07, 6.45) is 4.77. The molecule has 0 aromatic rings. The number of carbonyl (C=O) groups excluding carboxylic acids is 1. The number of hydrogen-bond donors (Lipinski definition) is 1. The van der Waals surface area contributed by atoms with E-state index in [1.165, 1.54) is 20.0 Å². The number of methoxy groups -OCH3 is 1. The third-order valence-electron chi connectivity index (χ3n) is 3.16. The predicted octanol–water partition coefficient (Wildman–Crippen LogP) is 0.413. The quantitative estimate of drug-likeness (QED) is 0.496. The Morgan fingerprint density at radius 1 is 1.35 bits per heavy atom. The fourth-order valence-corrected chi connectivity index (χ4v) is 2.24. The lowest BCUT2D eigenvalue weighted by atomic mass is 10.2. The third kappa shape index (κ3) is 5.48. The topological polar surface area (TPSA) is 59.0 Å². The predicted molar refractivity (Wildman–Crippen MR) is 63.7 cm³/mol. The molecule has 0 aromatic carbocycles. The Balaban J connectivity index is 2.32. The van der Waals surface area contributed by atoms with Gasteiger partial charge in [0.2, 0.25) is 0 Å². The first-order valence-electron chi connectivity index (χ1n) is 6.27. The highest BCUT2D eigenvalue weighted by Crippen LogP contribution is 2.23. The average Bonchev–Trinajstić information content (AvgIpc) is 2.86. The van der Waals surface area contributed by atoms with E-state index in [-0.39, 0.29) is 12.6 Å². The number of hydrogen-bond acceptors (Lipinski definition) is 5. The summed E-state index contributed by atoms with van der Waals surface area (Å²) in [5.74, 6) is -0.195. The molecule has 17 heavy (non-hydrogen) atoms. The van der Waals surface area contributed by atoms with Crippen molar-refractivity contribution in [3.63, 3.8) is 0 Å². The fraction of sp³-hybridized carbons (Fsp3) is 0.917. The fourth-order valence-electron chi connectivity index (χ4n) is 2.24. The van der Waals surface area contributed by atoms with Crippen LogP contribution >= 0.6 is 0 Å². The van der Waals surface area contributed by atoms with E-state index in [9.17, 15) is 4.79 Å². The molecular formula is C12H23NO4. The summed E-state index contributed by atoms with van der Waals surface area (Å²) in [5.41, 5.74) is 0. The molecule has 0 aliphatic heterocycles. The van der Waals surface area contributed by atoms with Crippen LogP contribution in [0.1, 0.15) is 25.7 Å². The largest absolute Gasteiger partial charge is 0.468 e. The van der Waals surface area contributed by atoms with Gasteiger partial charge in [0.1, 0.15) is 0 Å². The molecule has 1 aliphatic rings. The molecule has 1 aliphatic carbocycles. The molecule has 0 bridgehead atoms. The first-order valence-corrected chi connectivity index (χ1v) is 6.27.